The first-order valence-corrected chi connectivity index (χ1v) is 4.28. The van der Waals surface area contributed by atoms with Gasteiger partial charge < -0.3 is 5.32 Å². The van der Waals surface area contributed by atoms with Gasteiger partial charge in [-0.15, -0.1) is 0 Å². The van der Waals surface area contributed by atoms with Crippen LogP contribution in [-0.4, -0.2) is 18.8 Å². The molecule has 0 bridgehead atoms. The van der Waals surface area contributed by atoms with Gasteiger partial charge in [0.05, 0.1) is 6.17 Å². The van der Waals surface area contributed by atoms with Gasteiger partial charge in [0.1, 0.15) is 0 Å². The van der Waals surface area contributed by atoms with E-state index in [1.54, 1.807) is 0 Å². The minimum atomic E-state index is 0.578. The van der Waals surface area contributed by atoms with Crippen LogP contribution in [0.5, 0.6) is 0 Å². The van der Waals surface area contributed by atoms with Crippen LogP contribution in [0.2, 0.25) is 0 Å². The normalized spacial score (nSPS) is 27.3. The smallest absolute Gasteiger partial charge is 0.0573 e. The highest BCUT2D eigenvalue weighted by molar-refractivity contribution is 4.71. The largest absolute Gasteiger partial charge is 0.302 e. The van der Waals surface area contributed by atoms with E-state index in [1.165, 1.54) is 25.8 Å². The van der Waals surface area contributed by atoms with Crippen LogP contribution in [0.1, 0.15) is 33.1 Å². The van der Waals surface area contributed by atoms with Gasteiger partial charge in [-0.2, -0.15) is 0 Å². The van der Waals surface area contributed by atoms with Crippen molar-refractivity contribution >= 4 is 0 Å². The Morgan fingerprint density at radius 1 is 1.40 bits per heavy atom. The third-order valence-corrected chi connectivity index (χ3v) is 1.84. The zero-order valence-electron chi connectivity index (χ0n) is 6.98. The summed E-state index contributed by atoms with van der Waals surface area (Å²) in [5, 5.41) is 6.91. The zero-order valence-corrected chi connectivity index (χ0v) is 6.98. The molecule has 0 aliphatic carbocycles. The second kappa shape index (κ2) is 3.94. The van der Waals surface area contributed by atoms with Crippen molar-refractivity contribution in [3.05, 3.63) is 0 Å². The van der Waals surface area contributed by atoms with Crippen LogP contribution in [0.3, 0.4) is 0 Å². The quantitative estimate of drug-likeness (QED) is 0.603. The second-order valence-corrected chi connectivity index (χ2v) is 3.32. The first-order chi connectivity index (χ1) is 4.79. The van der Waals surface area contributed by atoms with Crippen molar-refractivity contribution in [1.29, 1.82) is 0 Å². The van der Waals surface area contributed by atoms with Crippen LogP contribution >= 0.6 is 0 Å². The van der Waals surface area contributed by atoms with Crippen LogP contribution in [0.25, 0.3) is 0 Å². The molecule has 1 unspecified atom stereocenters. The Bertz CT molecular complexity index is 85.3. The van der Waals surface area contributed by atoms with E-state index in [1.807, 2.05) is 0 Å². The van der Waals surface area contributed by atoms with Gasteiger partial charge >= 0.3 is 0 Å². The van der Waals surface area contributed by atoms with Crippen molar-refractivity contribution in [3.8, 4) is 0 Å². The zero-order chi connectivity index (χ0) is 7.40. The lowest BCUT2D eigenvalue weighted by atomic mass is 10.1. The first-order valence-electron chi connectivity index (χ1n) is 4.28. The Morgan fingerprint density at radius 2 is 2.20 bits per heavy atom. The van der Waals surface area contributed by atoms with Crippen molar-refractivity contribution in [2.75, 3.05) is 6.54 Å². The summed E-state index contributed by atoms with van der Waals surface area (Å²) in [7, 11) is 0. The van der Waals surface area contributed by atoms with E-state index in [0.29, 0.717) is 12.2 Å². The lowest BCUT2D eigenvalue weighted by Crippen LogP contribution is -2.47. The summed E-state index contributed by atoms with van der Waals surface area (Å²) in [6.07, 6.45) is 4.58. The average molecular weight is 142 g/mol. The van der Waals surface area contributed by atoms with Gasteiger partial charge in [-0.1, -0.05) is 0 Å². The highest BCUT2D eigenvalue weighted by Gasteiger charge is 2.11. The van der Waals surface area contributed by atoms with Gasteiger partial charge in [-0.05, 0) is 39.7 Å². The van der Waals surface area contributed by atoms with Gasteiger partial charge in [-0.25, -0.2) is 0 Å². The molecule has 1 rings (SSSR count). The van der Waals surface area contributed by atoms with Crippen LogP contribution in [0, 0.1) is 0 Å². The molecule has 0 aromatic carbocycles. The van der Waals surface area contributed by atoms with Gasteiger partial charge in [0.25, 0.3) is 0 Å². The van der Waals surface area contributed by atoms with Crippen LogP contribution in [0.4, 0.5) is 0 Å². The van der Waals surface area contributed by atoms with Crippen LogP contribution in [0.15, 0.2) is 0 Å². The minimum Gasteiger partial charge on any atom is -0.302 e. The highest BCUT2D eigenvalue weighted by Crippen LogP contribution is 2.04. The topological polar surface area (TPSA) is 24.1 Å². The van der Waals surface area contributed by atoms with E-state index in [2.05, 4.69) is 24.5 Å². The van der Waals surface area contributed by atoms with Crippen molar-refractivity contribution in [3.63, 3.8) is 0 Å². The van der Waals surface area contributed by atoms with E-state index in [9.17, 15) is 0 Å². The predicted molar refractivity (Wildman–Crippen MR) is 43.9 cm³/mol. The molecule has 2 heteroatoms. The summed E-state index contributed by atoms with van der Waals surface area (Å²) < 4.78 is 0. The standard InChI is InChI=1S/C8H18N2/c1-7(2)10-8-5-3-4-6-9-8/h7-10H,3-6H2,1-2H3. The maximum absolute atomic E-state index is 3.47. The molecule has 0 aromatic rings. The van der Waals surface area contributed by atoms with E-state index in [0.717, 1.165) is 0 Å². The van der Waals surface area contributed by atoms with Crippen LogP contribution < -0.4 is 10.6 Å². The SMILES string of the molecule is CC(C)NC1CCCCN1. The number of hydrogen-bond donors (Lipinski definition) is 2. The summed E-state index contributed by atoms with van der Waals surface area (Å²) in [6, 6.07) is 0.607. The molecule has 0 aromatic heterocycles. The molecule has 60 valence electrons. The maximum Gasteiger partial charge on any atom is 0.0573 e. The van der Waals surface area contributed by atoms with Gasteiger partial charge in [-0.3, -0.25) is 5.32 Å². The maximum atomic E-state index is 3.47. The molecular formula is C8H18N2. The fraction of sp³-hybridized carbons (Fsp3) is 1.00. The van der Waals surface area contributed by atoms with Crippen molar-refractivity contribution < 1.29 is 0 Å². The lowest BCUT2D eigenvalue weighted by Gasteiger charge is -2.26. The molecule has 2 N–H and O–H groups in total. The van der Waals surface area contributed by atoms with Gasteiger partial charge in [0, 0.05) is 6.04 Å². The Kier molecular flexibility index (Phi) is 3.16. The van der Waals surface area contributed by atoms with Gasteiger partial charge in [0.15, 0.2) is 0 Å². The van der Waals surface area contributed by atoms with E-state index in [-0.39, 0.29) is 0 Å². The molecule has 0 amide bonds. The highest BCUT2D eigenvalue weighted by atomic mass is 15.1. The summed E-state index contributed by atoms with van der Waals surface area (Å²) in [5.74, 6) is 0. The molecule has 1 aliphatic heterocycles. The predicted octanol–water partition coefficient (Wildman–Crippen LogP) is 1.08. The van der Waals surface area contributed by atoms with E-state index >= 15 is 0 Å². The lowest BCUT2D eigenvalue weighted by molar-refractivity contribution is 0.324. The third-order valence-electron chi connectivity index (χ3n) is 1.84. The number of nitrogens with one attached hydrogen (secondary N) is 2. The third kappa shape index (κ3) is 2.67. The Morgan fingerprint density at radius 3 is 2.70 bits per heavy atom. The van der Waals surface area contributed by atoms with Crippen molar-refractivity contribution in [2.45, 2.75) is 45.3 Å². The first kappa shape index (κ1) is 8.02. The molecule has 10 heavy (non-hydrogen) atoms. The number of rotatable bonds is 2. The summed E-state index contributed by atoms with van der Waals surface area (Å²) in [5.41, 5.74) is 0. The monoisotopic (exact) mass is 142 g/mol. The fourth-order valence-electron chi connectivity index (χ4n) is 1.40. The summed E-state index contributed by atoms with van der Waals surface area (Å²) >= 11 is 0. The minimum absolute atomic E-state index is 0.578. The number of hydrogen-bond acceptors (Lipinski definition) is 2. The Labute approximate surface area is 63.4 Å². The molecule has 2 nitrogen and oxygen atoms in total. The molecule has 1 saturated heterocycles. The van der Waals surface area contributed by atoms with Crippen molar-refractivity contribution in [1.82, 2.24) is 10.6 Å². The molecule has 1 atom stereocenters. The second-order valence-electron chi connectivity index (χ2n) is 3.32. The van der Waals surface area contributed by atoms with E-state index in [4.69, 9.17) is 0 Å². The Hall–Kier alpha value is -0.0800. The molecule has 0 saturated carbocycles. The Balaban J connectivity index is 2.13. The molecule has 1 fully saturated rings. The van der Waals surface area contributed by atoms with Gasteiger partial charge in [0.2, 0.25) is 0 Å². The molecule has 0 spiro atoms. The fourth-order valence-corrected chi connectivity index (χ4v) is 1.40. The molecule has 1 heterocycles. The van der Waals surface area contributed by atoms with E-state index < -0.39 is 0 Å². The average Bonchev–Trinajstić information content (AvgIpc) is 1.88. The molecule has 0 radical (unpaired) electrons. The summed E-state index contributed by atoms with van der Waals surface area (Å²) in [6.45, 7) is 5.57. The van der Waals surface area contributed by atoms with Crippen LogP contribution in [-0.2, 0) is 0 Å². The molecule has 1 aliphatic rings. The van der Waals surface area contributed by atoms with Crippen molar-refractivity contribution in [2.24, 2.45) is 0 Å². The summed E-state index contributed by atoms with van der Waals surface area (Å²) in [4.78, 5) is 0. The number of piperidine rings is 1. The molecular weight excluding hydrogens is 124 g/mol.